The maximum Gasteiger partial charge on any atom is 0.0480 e. The number of nitrogens with zero attached hydrogens (tertiary/aromatic N) is 1. The quantitative estimate of drug-likeness (QED) is 0.814. The van der Waals surface area contributed by atoms with Gasteiger partial charge in [-0.2, -0.15) is 0 Å². The Morgan fingerprint density at radius 2 is 1.90 bits per heavy atom. The molecule has 0 spiro atoms. The molecular weight excluding hydrogens is 260 g/mol. The highest BCUT2D eigenvalue weighted by atomic mass is 16.5. The molecule has 0 radical (unpaired) electrons. The van der Waals surface area contributed by atoms with Crippen LogP contribution in [0.15, 0.2) is 0 Å². The molecule has 21 heavy (non-hydrogen) atoms. The zero-order chi connectivity index (χ0) is 15.3. The average Bonchev–Trinajstić information content (AvgIpc) is 2.47. The van der Waals surface area contributed by atoms with Crippen LogP contribution in [-0.2, 0) is 4.74 Å². The van der Waals surface area contributed by atoms with Gasteiger partial charge in [-0.15, -0.1) is 0 Å². The molecule has 1 saturated heterocycles. The van der Waals surface area contributed by atoms with Crippen LogP contribution in [0.3, 0.4) is 0 Å². The highest BCUT2D eigenvalue weighted by molar-refractivity contribution is 4.94. The lowest BCUT2D eigenvalue weighted by Crippen LogP contribution is -2.53. The third kappa shape index (κ3) is 4.67. The molecule has 3 heteroatoms. The predicted octanol–water partition coefficient (Wildman–Crippen LogP) is 3.29. The van der Waals surface area contributed by atoms with Crippen molar-refractivity contribution in [3.63, 3.8) is 0 Å². The van der Waals surface area contributed by atoms with Gasteiger partial charge in [-0.25, -0.2) is 0 Å². The molecule has 2 atom stereocenters. The zero-order valence-electron chi connectivity index (χ0n) is 14.7. The molecule has 124 valence electrons. The lowest BCUT2D eigenvalue weighted by Gasteiger charge is -2.47. The van der Waals surface area contributed by atoms with E-state index in [4.69, 9.17) is 4.74 Å². The molecule has 2 rings (SSSR count). The second-order valence-corrected chi connectivity index (χ2v) is 7.86. The van der Waals surface area contributed by atoms with Crippen molar-refractivity contribution in [1.82, 2.24) is 10.2 Å². The Kier molecular flexibility index (Phi) is 6.51. The van der Waals surface area contributed by atoms with Crippen molar-refractivity contribution in [2.45, 2.75) is 71.4 Å². The Balaban J connectivity index is 1.94. The fourth-order valence-corrected chi connectivity index (χ4v) is 4.36. The minimum atomic E-state index is 0.439. The first-order chi connectivity index (χ1) is 10.0. The first-order valence-corrected chi connectivity index (χ1v) is 9.06. The van der Waals surface area contributed by atoms with Gasteiger partial charge in [-0.3, -0.25) is 0 Å². The highest BCUT2D eigenvalue weighted by Gasteiger charge is 2.39. The van der Waals surface area contributed by atoms with E-state index in [9.17, 15) is 0 Å². The van der Waals surface area contributed by atoms with Crippen LogP contribution < -0.4 is 5.32 Å². The second kappa shape index (κ2) is 7.94. The van der Waals surface area contributed by atoms with Crippen molar-refractivity contribution in [3.05, 3.63) is 0 Å². The summed E-state index contributed by atoms with van der Waals surface area (Å²) in [5.74, 6) is 0.799. The van der Waals surface area contributed by atoms with Crippen molar-refractivity contribution < 1.29 is 4.74 Å². The molecule has 1 aliphatic carbocycles. The molecule has 2 unspecified atom stereocenters. The lowest BCUT2D eigenvalue weighted by molar-refractivity contribution is 0.0226. The molecule has 1 aliphatic heterocycles. The molecule has 1 heterocycles. The van der Waals surface area contributed by atoms with Gasteiger partial charge in [0.2, 0.25) is 0 Å². The number of nitrogens with one attached hydrogen (secondary N) is 1. The van der Waals surface area contributed by atoms with Crippen molar-refractivity contribution in [3.8, 4) is 0 Å². The smallest absolute Gasteiger partial charge is 0.0480 e. The van der Waals surface area contributed by atoms with E-state index in [0.717, 1.165) is 31.7 Å². The average molecular weight is 296 g/mol. The van der Waals surface area contributed by atoms with E-state index in [1.165, 1.54) is 45.1 Å². The van der Waals surface area contributed by atoms with Gasteiger partial charge in [0.1, 0.15) is 0 Å². The standard InChI is InChI=1S/C18H36N2O/c1-5-11-19-17-15(7-6-10-18(17,2)3)14-20(4)16-8-12-21-13-9-16/h15-17,19H,5-14H2,1-4H3. The fourth-order valence-electron chi connectivity index (χ4n) is 4.36. The first kappa shape index (κ1) is 17.2. The van der Waals surface area contributed by atoms with Gasteiger partial charge >= 0.3 is 0 Å². The third-order valence-corrected chi connectivity index (χ3v) is 5.66. The molecule has 3 nitrogen and oxygen atoms in total. The van der Waals surface area contributed by atoms with E-state index >= 15 is 0 Å². The summed E-state index contributed by atoms with van der Waals surface area (Å²) in [5.41, 5.74) is 0.439. The normalized spacial score (nSPS) is 30.7. The van der Waals surface area contributed by atoms with E-state index < -0.39 is 0 Å². The van der Waals surface area contributed by atoms with Crippen LogP contribution >= 0.6 is 0 Å². The Morgan fingerprint density at radius 3 is 2.57 bits per heavy atom. The van der Waals surface area contributed by atoms with Crippen molar-refractivity contribution in [2.24, 2.45) is 11.3 Å². The number of rotatable bonds is 6. The van der Waals surface area contributed by atoms with Gasteiger partial charge in [0.05, 0.1) is 0 Å². The van der Waals surface area contributed by atoms with Crippen molar-refractivity contribution in [1.29, 1.82) is 0 Å². The zero-order valence-corrected chi connectivity index (χ0v) is 14.7. The number of ether oxygens (including phenoxy) is 1. The largest absolute Gasteiger partial charge is 0.381 e. The minimum Gasteiger partial charge on any atom is -0.381 e. The number of hydrogen-bond donors (Lipinski definition) is 1. The number of hydrogen-bond acceptors (Lipinski definition) is 3. The van der Waals surface area contributed by atoms with Gasteiger partial charge < -0.3 is 15.0 Å². The van der Waals surface area contributed by atoms with Crippen molar-refractivity contribution in [2.75, 3.05) is 33.4 Å². The molecule has 1 saturated carbocycles. The molecule has 0 aromatic carbocycles. The summed E-state index contributed by atoms with van der Waals surface area (Å²) >= 11 is 0. The van der Waals surface area contributed by atoms with Gasteiger partial charge in [0.15, 0.2) is 0 Å². The van der Waals surface area contributed by atoms with Crippen LogP contribution in [0.4, 0.5) is 0 Å². The van der Waals surface area contributed by atoms with Crippen LogP contribution in [-0.4, -0.2) is 50.3 Å². The summed E-state index contributed by atoms with van der Waals surface area (Å²) in [6.07, 6.45) is 7.79. The molecule has 0 amide bonds. The molecule has 0 aromatic heterocycles. The maximum absolute atomic E-state index is 5.51. The van der Waals surface area contributed by atoms with E-state index in [1.807, 2.05) is 0 Å². The molecule has 2 aliphatic rings. The highest BCUT2D eigenvalue weighted by Crippen LogP contribution is 2.39. The molecule has 0 aromatic rings. The van der Waals surface area contributed by atoms with Crippen molar-refractivity contribution >= 4 is 0 Å². The summed E-state index contributed by atoms with van der Waals surface area (Å²) in [6, 6.07) is 1.41. The SMILES string of the molecule is CCCNC1C(CN(C)C2CCOCC2)CCCC1(C)C. The Hall–Kier alpha value is -0.120. The van der Waals surface area contributed by atoms with Crippen LogP contribution in [0.2, 0.25) is 0 Å². The van der Waals surface area contributed by atoms with E-state index in [0.29, 0.717) is 11.5 Å². The monoisotopic (exact) mass is 296 g/mol. The third-order valence-electron chi connectivity index (χ3n) is 5.66. The molecule has 0 bridgehead atoms. The van der Waals surface area contributed by atoms with E-state index in [-0.39, 0.29) is 0 Å². The van der Waals surface area contributed by atoms with E-state index in [2.05, 4.69) is 38.0 Å². The Bertz CT molecular complexity index is 300. The Morgan fingerprint density at radius 1 is 1.19 bits per heavy atom. The van der Waals surface area contributed by atoms with Crippen LogP contribution in [0, 0.1) is 11.3 Å². The summed E-state index contributed by atoms with van der Waals surface area (Å²) in [6.45, 7) is 11.5. The molecule has 1 N–H and O–H groups in total. The summed E-state index contributed by atoms with van der Waals surface area (Å²) in [4.78, 5) is 2.62. The van der Waals surface area contributed by atoms with Gasteiger partial charge in [0, 0.05) is 31.8 Å². The van der Waals surface area contributed by atoms with Crippen LogP contribution in [0.1, 0.15) is 59.3 Å². The second-order valence-electron chi connectivity index (χ2n) is 7.86. The van der Waals surface area contributed by atoms with Gasteiger partial charge in [0.25, 0.3) is 0 Å². The lowest BCUT2D eigenvalue weighted by atomic mass is 9.67. The summed E-state index contributed by atoms with van der Waals surface area (Å²) in [5, 5.41) is 3.87. The molecular formula is C18H36N2O. The summed E-state index contributed by atoms with van der Waals surface area (Å²) in [7, 11) is 2.33. The molecule has 2 fully saturated rings. The van der Waals surface area contributed by atoms with Gasteiger partial charge in [-0.05, 0) is 57.0 Å². The minimum absolute atomic E-state index is 0.439. The van der Waals surface area contributed by atoms with Gasteiger partial charge in [-0.1, -0.05) is 27.2 Å². The van der Waals surface area contributed by atoms with E-state index in [1.54, 1.807) is 0 Å². The predicted molar refractivity (Wildman–Crippen MR) is 89.7 cm³/mol. The van der Waals surface area contributed by atoms with Crippen LogP contribution in [0.5, 0.6) is 0 Å². The fraction of sp³-hybridized carbons (Fsp3) is 1.00. The first-order valence-electron chi connectivity index (χ1n) is 9.06. The topological polar surface area (TPSA) is 24.5 Å². The van der Waals surface area contributed by atoms with Crippen LogP contribution in [0.25, 0.3) is 0 Å². The Labute approximate surface area is 131 Å². The summed E-state index contributed by atoms with van der Waals surface area (Å²) < 4.78 is 5.51. The maximum atomic E-state index is 5.51.